The molecule has 0 amide bonds. The van der Waals surface area contributed by atoms with Crippen molar-refractivity contribution in [3.8, 4) is 0 Å². The molecule has 0 atom stereocenters. The van der Waals surface area contributed by atoms with E-state index in [0.717, 1.165) is 11.9 Å². The highest BCUT2D eigenvalue weighted by Crippen LogP contribution is 2.44. The van der Waals surface area contributed by atoms with Crippen LogP contribution in [0.5, 0.6) is 0 Å². The SMILES string of the molecule is Cc1cc(C)c2c(c1C)c1c3c(cc(CC(C)(C)C)c4c5ccccc5n2c43)nc[n+]1C. The van der Waals surface area contributed by atoms with Crippen molar-refractivity contribution in [1.29, 1.82) is 0 Å². The average Bonchev–Trinajstić information content (AvgIpc) is 3.07. The lowest BCUT2D eigenvalue weighted by Gasteiger charge is -2.20. The number of pyridine rings is 1. The third-order valence-electron chi connectivity index (χ3n) is 7.15. The Kier molecular flexibility index (Phi) is 3.77. The summed E-state index contributed by atoms with van der Waals surface area (Å²) in [6.07, 6.45) is 3.01. The van der Waals surface area contributed by atoms with E-state index < -0.39 is 0 Å². The van der Waals surface area contributed by atoms with Gasteiger partial charge in [0.1, 0.15) is 5.52 Å². The molecule has 0 saturated heterocycles. The number of hydrogen-bond donors (Lipinski definition) is 0. The van der Waals surface area contributed by atoms with Crippen LogP contribution in [0.15, 0.2) is 42.7 Å². The monoisotopic (exact) mass is 420 g/mol. The zero-order valence-electron chi connectivity index (χ0n) is 20.1. The molecule has 0 aliphatic heterocycles. The summed E-state index contributed by atoms with van der Waals surface area (Å²) in [5.74, 6) is 0. The molecule has 0 fully saturated rings. The molecule has 32 heavy (non-hydrogen) atoms. The summed E-state index contributed by atoms with van der Waals surface area (Å²) >= 11 is 0. The Hall–Kier alpha value is -3.20. The third kappa shape index (κ3) is 2.42. The molecular formula is C29H30N3+. The second kappa shape index (κ2) is 6.19. The topological polar surface area (TPSA) is 21.2 Å². The van der Waals surface area contributed by atoms with Crippen molar-refractivity contribution in [2.45, 2.75) is 48.0 Å². The maximum atomic E-state index is 4.92. The Morgan fingerprint density at radius 3 is 2.41 bits per heavy atom. The van der Waals surface area contributed by atoms with E-state index in [4.69, 9.17) is 4.98 Å². The van der Waals surface area contributed by atoms with Gasteiger partial charge in [0.15, 0.2) is 5.52 Å². The molecule has 6 aromatic rings. The third-order valence-corrected chi connectivity index (χ3v) is 7.15. The van der Waals surface area contributed by atoms with E-state index >= 15 is 0 Å². The maximum Gasteiger partial charge on any atom is 0.287 e. The minimum absolute atomic E-state index is 0.192. The first-order valence-electron chi connectivity index (χ1n) is 11.5. The van der Waals surface area contributed by atoms with Crippen molar-refractivity contribution in [2.24, 2.45) is 12.5 Å². The predicted molar refractivity (Wildman–Crippen MR) is 135 cm³/mol. The molecular weight excluding hydrogens is 390 g/mol. The highest BCUT2D eigenvalue weighted by Gasteiger charge is 2.28. The van der Waals surface area contributed by atoms with Gasteiger partial charge in [-0.3, -0.25) is 0 Å². The van der Waals surface area contributed by atoms with Crippen molar-refractivity contribution >= 4 is 49.1 Å². The van der Waals surface area contributed by atoms with Gasteiger partial charge in [-0.25, -0.2) is 4.57 Å². The van der Waals surface area contributed by atoms with Gasteiger partial charge in [0, 0.05) is 16.2 Å². The van der Waals surface area contributed by atoms with Gasteiger partial charge in [0.2, 0.25) is 0 Å². The van der Waals surface area contributed by atoms with Gasteiger partial charge < -0.3 is 4.40 Å². The quantitative estimate of drug-likeness (QED) is 0.164. The minimum atomic E-state index is 0.192. The molecule has 0 aliphatic carbocycles. The van der Waals surface area contributed by atoms with Gasteiger partial charge in [-0.05, 0) is 72.0 Å². The van der Waals surface area contributed by atoms with Crippen molar-refractivity contribution < 1.29 is 4.57 Å². The van der Waals surface area contributed by atoms with Gasteiger partial charge >= 0.3 is 0 Å². The summed E-state index contributed by atoms with van der Waals surface area (Å²) in [4.78, 5) is 4.92. The first-order valence-corrected chi connectivity index (χ1v) is 11.5. The Morgan fingerprint density at radius 2 is 1.66 bits per heavy atom. The minimum Gasteiger partial charge on any atom is -0.307 e. The predicted octanol–water partition coefficient (Wildman–Crippen LogP) is 6.72. The van der Waals surface area contributed by atoms with Gasteiger partial charge in [-0.1, -0.05) is 45.0 Å². The number of aryl methyl sites for hydroxylation is 4. The van der Waals surface area contributed by atoms with E-state index in [1.165, 1.54) is 65.9 Å². The molecule has 0 spiro atoms. The van der Waals surface area contributed by atoms with Gasteiger partial charge in [0.25, 0.3) is 6.33 Å². The lowest BCUT2D eigenvalue weighted by Crippen LogP contribution is -2.30. The van der Waals surface area contributed by atoms with Gasteiger partial charge in [-0.15, -0.1) is 0 Å². The van der Waals surface area contributed by atoms with E-state index in [2.05, 4.69) is 94.0 Å². The fourth-order valence-electron chi connectivity index (χ4n) is 5.85. The van der Waals surface area contributed by atoms with Crippen LogP contribution in [0.4, 0.5) is 0 Å². The van der Waals surface area contributed by atoms with Crippen molar-refractivity contribution in [2.75, 3.05) is 0 Å². The molecule has 160 valence electrons. The van der Waals surface area contributed by atoms with E-state index in [0.29, 0.717) is 0 Å². The number of aromatic nitrogens is 3. The highest BCUT2D eigenvalue weighted by atomic mass is 15.0. The van der Waals surface area contributed by atoms with Crippen molar-refractivity contribution in [3.05, 3.63) is 65.0 Å². The summed E-state index contributed by atoms with van der Waals surface area (Å²) in [7, 11) is 2.13. The molecule has 3 nitrogen and oxygen atoms in total. The second-order valence-corrected chi connectivity index (χ2v) is 10.8. The Balaban J connectivity index is 2.06. The molecule has 3 heteroatoms. The molecule has 6 rings (SSSR count). The molecule has 0 aliphatic rings. The van der Waals surface area contributed by atoms with E-state index in [1.54, 1.807) is 0 Å². The fourth-order valence-corrected chi connectivity index (χ4v) is 5.85. The van der Waals surface area contributed by atoms with Crippen LogP contribution in [-0.4, -0.2) is 9.38 Å². The molecule has 0 N–H and O–H groups in total. The smallest absolute Gasteiger partial charge is 0.287 e. The van der Waals surface area contributed by atoms with Crippen molar-refractivity contribution in [1.82, 2.24) is 9.38 Å². The molecule has 0 radical (unpaired) electrons. The normalized spacial score (nSPS) is 13.0. The van der Waals surface area contributed by atoms with E-state index in [1.807, 2.05) is 6.33 Å². The summed E-state index contributed by atoms with van der Waals surface area (Å²) in [6, 6.07) is 13.6. The Morgan fingerprint density at radius 1 is 0.906 bits per heavy atom. The first kappa shape index (κ1) is 19.5. The zero-order valence-corrected chi connectivity index (χ0v) is 20.1. The van der Waals surface area contributed by atoms with Crippen LogP contribution in [0.1, 0.15) is 43.0 Å². The van der Waals surface area contributed by atoms with Crippen LogP contribution in [0.2, 0.25) is 0 Å². The molecule has 3 aromatic heterocycles. The van der Waals surface area contributed by atoms with Crippen molar-refractivity contribution in [3.63, 3.8) is 0 Å². The standard InChI is InChI=1S/C29H30N3/c1-16-12-17(2)26-23(18(16)3)27-25-21(30-15-31(27)7)13-19(14-29(4,5)6)24-20-10-8-9-11-22(20)32(26)28(24)25/h8-13,15H,14H2,1-7H3/q+1. The highest BCUT2D eigenvalue weighted by molar-refractivity contribution is 6.27. The number of hydrogen-bond acceptors (Lipinski definition) is 1. The van der Waals surface area contributed by atoms with Crippen LogP contribution < -0.4 is 4.57 Å². The maximum absolute atomic E-state index is 4.92. The van der Waals surface area contributed by atoms with Crippen LogP contribution >= 0.6 is 0 Å². The Bertz CT molecular complexity index is 1710. The van der Waals surface area contributed by atoms with Crippen LogP contribution in [0, 0.1) is 26.2 Å². The number of rotatable bonds is 1. The summed E-state index contributed by atoms with van der Waals surface area (Å²) < 4.78 is 4.75. The molecule has 0 saturated carbocycles. The van der Waals surface area contributed by atoms with Gasteiger partial charge in [-0.2, -0.15) is 0 Å². The van der Waals surface area contributed by atoms with Gasteiger partial charge in [0.05, 0.1) is 29.0 Å². The fraction of sp³-hybridized carbons (Fsp3) is 0.310. The lowest BCUT2D eigenvalue weighted by molar-refractivity contribution is -0.646. The molecule has 0 bridgehead atoms. The Labute approximate surface area is 188 Å². The van der Waals surface area contributed by atoms with Crippen LogP contribution in [0.3, 0.4) is 0 Å². The van der Waals surface area contributed by atoms with Crippen LogP contribution in [-0.2, 0) is 13.5 Å². The van der Waals surface area contributed by atoms with E-state index in [9.17, 15) is 0 Å². The summed E-state index contributed by atoms with van der Waals surface area (Å²) in [5, 5.41) is 5.35. The lowest BCUT2D eigenvalue weighted by atomic mass is 9.85. The average molecular weight is 421 g/mol. The largest absolute Gasteiger partial charge is 0.307 e. The number of nitrogens with zero attached hydrogens (tertiary/aromatic N) is 3. The molecule has 0 unspecified atom stereocenters. The second-order valence-electron chi connectivity index (χ2n) is 10.8. The molecule has 3 aromatic carbocycles. The number of fused-ring (bicyclic) bond motifs is 6. The zero-order chi connectivity index (χ0) is 22.5. The number of benzene rings is 3. The molecule has 3 heterocycles. The first-order chi connectivity index (χ1) is 15.2. The summed E-state index contributed by atoms with van der Waals surface area (Å²) in [6.45, 7) is 13.7. The summed E-state index contributed by atoms with van der Waals surface area (Å²) in [5.41, 5.74) is 11.9. The van der Waals surface area contributed by atoms with Crippen LogP contribution in [0.25, 0.3) is 49.1 Å². The van der Waals surface area contributed by atoms with E-state index in [-0.39, 0.29) is 5.41 Å². The number of para-hydroxylation sites is 1.